The van der Waals surface area contributed by atoms with Crippen molar-refractivity contribution in [1.29, 1.82) is 0 Å². The average molecular weight is 421 g/mol. The van der Waals surface area contributed by atoms with Gasteiger partial charge in [0.1, 0.15) is 5.82 Å². The summed E-state index contributed by atoms with van der Waals surface area (Å²) in [4.78, 5) is 17.0. The molecule has 4 aromatic rings. The number of H-pyrrole nitrogens is 1. The Kier molecular flexibility index (Phi) is 4.36. The minimum Gasteiger partial charge on any atom is -0.347 e. The van der Waals surface area contributed by atoms with E-state index in [1.54, 1.807) is 10.9 Å². The Morgan fingerprint density at radius 2 is 2.00 bits per heavy atom. The molecule has 0 saturated heterocycles. The molecule has 2 N–H and O–H groups in total. The van der Waals surface area contributed by atoms with Crippen LogP contribution in [0.25, 0.3) is 22.3 Å². The smallest absolute Gasteiger partial charge is 0.251 e. The molecule has 0 spiro atoms. The molecule has 2 heterocycles. The van der Waals surface area contributed by atoms with Crippen molar-refractivity contribution in [1.82, 2.24) is 30.3 Å². The van der Waals surface area contributed by atoms with Gasteiger partial charge in [0.15, 0.2) is 5.82 Å². The van der Waals surface area contributed by atoms with Crippen molar-refractivity contribution < 1.29 is 4.79 Å². The van der Waals surface area contributed by atoms with Crippen LogP contribution in [0.2, 0.25) is 5.02 Å². The Morgan fingerprint density at radius 3 is 2.73 bits per heavy atom. The van der Waals surface area contributed by atoms with E-state index in [1.807, 2.05) is 43.4 Å². The van der Waals surface area contributed by atoms with Gasteiger partial charge in [-0.15, -0.1) is 0 Å². The number of carbonyl (C=O) groups excluding carboxylic acids is 1. The van der Waals surface area contributed by atoms with Gasteiger partial charge < -0.3 is 5.32 Å². The highest BCUT2D eigenvalue weighted by Gasteiger charge is 2.38. The summed E-state index contributed by atoms with van der Waals surface area (Å²) in [6.07, 6.45) is 4.36. The van der Waals surface area contributed by atoms with Crippen molar-refractivity contribution in [2.24, 2.45) is 7.05 Å². The van der Waals surface area contributed by atoms with Gasteiger partial charge in [-0.1, -0.05) is 29.8 Å². The number of aromatic amines is 1. The fraction of sp³-hybridized carbons (Fsp3) is 0.273. The third-order valence-electron chi connectivity index (χ3n) is 5.66. The molecule has 1 saturated carbocycles. The van der Waals surface area contributed by atoms with Crippen LogP contribution in [0.4, 0.5) is 0 Å². The quantitative estimate of drug-likeness (QED) is 0.512. The van der Waals surface area contributed by atoms with Crippen molar-refractivity contribution >= 4 is 28.4 Å². The molecule has 0 unspecified atom stereocenters. The van der Waals surface area contributed by atoms with Gasteiger partial charge in [-0.25, -0.2) is 4.98 Å². The summed E-state index contributed by atoms with van der Waals surface area (Å²) < 4.78 is 1.76. The molecule has 0 bridgehead atoms. The molecular weight excluding hydrogens is 400 g/mol. The summed E-state index contributed by atoms with van der Waals surface area (Å²) in [5.41, 5.74) is 3.34. The van der Waals surface area contributed by atoms with E-state index in [0.717, 1.165) is 40.7 Å². The Bertz CT molecular complexity index is 1250. The number of hydrogen-bond donors (Lipinski definition) is 2. The molecule has 1 aliphatic carbocycles. The Balaban J connectivity index is 1.37. The molecule has 0 aliphatic heterocycles. The van der Waals surface area contributed by atoms with Crippen LogP contribution in [0.3, 0.4) is 0 Å². The number of hydrogen-bond acceptors (Lipinski definition) is 4. The standard InChI is InChI=1S/C22H21ClN6O/c1-22(9-10-22)26-21(30)14-5-3-13(4-6-14)20-25-18(29(2)28-20)11-15-7-8-17-16(19(15)23)12-24-27-17/h3-8,12H,9-11H2,1-2H3,(H,24,27)(H,26,30). The second-order valence-electron chi connectivity index (χ2n) is 8.11. The van der Waals surface area contributed by atoms with Gasteiger partial charge in [-0.3, -0.25) is 14.6 Å². The van der Waals surface area contributed by atoms with E-state index in [4.69, 9.17) is 16.6 Å². The van der Waals surface area contributed by atoms with Crippen LogP contribution in [-0.4, -0.2) is 36.4 Å². The summed E-state index contributed by atoms with van der Waals surface area (Å²) in [6.45, 7) is 2.06. The average Bonchev–Trinajstić information content (AvgIpc) is 3.13. The second-order valence-corrected chi connectivity index (χ2v) is 8.49. The molecule has 5 rings (SSSR count). The molecule has 1 aliphatic rings. The summed E-state index contributed by atoms with van der Waals surface area (Å²) in [5, 5.41) is 16.1. The monoisotopic (exact) mass is 420 g/mol. The van der Waals surface area contributed by atoms with Gasteiger partial charge >= 0.3 is 0 Å². The molecule has 30 heavy (non-hydrogen) atoms. The van der Waals surface area contributed by atoms with Crippen molar-refractivity contribution in [2.75, 3.05) is 0 Å². The molecule has 2 aromatic carbocycles. The predicted octanol–water partition coefficient (Wildman–Crippen LogP) is 3.88. The first-order valence-corrected chi connectivity index (χ1v) is 10.2. The molecule has 7 nitrogen and oxygen atoms in total. The predicted molar refractivity (Wildman–Crippen MR) is 115 cm³/mol. The van der Waals surface area contributed by atoms with Gasteiger partial charge in [0.2, 0.25) is 0 Å². The second kappa shape index (κ2) is 6.95. The lowest BCUT2D eigenvalue weighted by Crippen LogP contribution is -2.34. The number of aromatic nitrogens is 5. The SMILES string of the molecule is Cn1nc(-c2ccc(C(=O)NC3(C)CC3)cc2)nc1Cc1ccc2[nH]ncc2c1Cl. The van der Waals surface area contributed by atoms with Crippen LogP contribution in [0.5, 0.6) is 0 Å². The van der Waals surface area contributed by atoms with Crippen LogP contribution in [0.1, 0.15) is 41.5 Å². The molecule has 0 radical (unpaired) electrons. The van der Waals surface area contributed by atoms with E-state index in [0.29, 0.717) is 22.8 Å². The van der Waals surface area contributed by atoms with Gasteiger partial charge in [-0.05, 0) is 43.5 Å². The van der Waals surface area contributed by atoms with Gasteiger partial charge in [0, 0.05) is 35.5 Å². The third kappa shape index (κ3) is 3.45. The number of aryl methyl sites for hydroxylation is 1. The van der Waals surface area contributed by atoms with Gasteiger partial charge in [0.05, 0.1) is 16.7 Å². The number of fused-ring (bicyclic) bond motifs is 1. The zero-order chi connectivity index (χ0) is 20.9. The highest BCUT2D eigenvalue weighted by atomic mass is 35.5. The van der Waals surface area contributed by atoms with Crippen LogP contribution in [-0.2, 0) is 13.5 Å². The van der Waals surface area contributed by atoms with E-state index in [-0.39, 0.29) is 11.4 Å². The zero-order valence-corrected chi connectivity index (χ0v) is 17.5. The first kappa shape index (κ1) is 18.8. The normalized spacial score (nSPS) is 14.8. The number of amides is 1. The van der Waals surface area contributed by atoms with E-state index >= 15 is 0 Å². The number of benzene rings is 2. The van der Waals surface area contributed by atoms with E-state index in [2.05, 4.69) is 27.5 Å². The lowest BCUT2D eigenvalue weighted by molar-refractivity contribution is 0.0935. The maximum atomic E-state index is 12.3. The minimum atomic E-state index is -0.0412. The number of halogens is 1. The highest BCUT2D eigenvalue weighted by molar-refractivity contribution is 6.36. The maximum absolute atomic E-state index is 12.3. The van der Waals surface area contributed by atoms with Crippen molar-refractivity contribution in [3.63, 3.8) is 0 Å². The minimum absolute atomic E-state index is 0.0338. The fourth-order valence-electron chi connectivity index (χ4n) is 3.46. The molecule has 1 fully saturated rings. The maximum Gasteiger partial charge on any atom is 0.251 e. The Morgan fingerprint density at radius 1 is 1.23 bits per heavy atom. The molecule has 8 heteroatoms. The fourth-order valence-corrected chi connectivity index (χ4v) is 3.74. The number of rotatable bonds is 5. The molecule has 2 aromatic heterocycles. The van der Waals surface area contributed by atoms with Crippen LogP contribution < -0.4 is 5.32 Å². The lowest BCUT2D eigenvalue weighted by Gasteiger charge is -2.11. The summed E-state index contributed by atoms with van der Waals surface area (Å²) in [6, 6.07) is 11.3. The summed E-state index contributed by atoms with van der Waals surface area (Å²) >= 11 is 6.55. The third-order valence-corrected chi connectivity index (χ3v) is 6.11. The topological polar surface area (TPSA) is 88.5 Å². The first-order valence-electron chi connectivity index (χ1n) is 9.85. The van der Waals surface area contributed by atoms with E-state index in [1.165, 1.54) is 0 Å². The molecule has 0 atom stereocenters. The molecule has 1 amide bonds. The largest absolute Gasteiger partial charge is 0.347 e. The van der Waals surface area contributed by atoms with Crippen molar-refractivity contribution in [2.45, 2.75) is 31.7 Å². The zero-order valence-electron chi connectivity index (χ0n) is 16.7. The van der Waals surface area contributed by atoms with Crippen molar-refractivity contribution in [3.05, 3.63) is 64.6 Å². The van der Waals surface area contributed by atoms with Gasteiger partial charge in [0.25, 0.3) is 5.91 Å². The number of carbonyl (C=O) groups is 1. The lowest BCUT2D eigenvalue weighted by atomic mass is 10.1. The Labute approximate surface area is 178 Å². The highest BCUT2D eigenvalue weighted by Crippen LogP contribution is 2.34. The summed E-state index contributed by atoms with van der Waals surface area (Å²) in [5.74, 6) is 1.38. The van der Waals surface area contributed by atoms with Crippen molar-refractivity contribution in [3.8, 4) is 11.4 Å². The van der Waals surface area contributed by atoms with Crippen LogP contribution in [0, 0.1) is 0 Å². The summed E-state index contributed by atoms with van der Waals surface area (Å²) in [7, 11) is 1.87. The molecule has 152 valence electrons. The van der Waals surface area contributed by atoms with Gasteiger partial charge in [-0.2, -0.15) is 10.2 Å². The molecular formula is C22H21ClN6O. The first-order chi connectivity index (χ1) is 14.4. The van der Waals surface area contributed by atoms with E-state index in [9.17, 15) is 4.79 Å². The Hall–Kier alpha value is -3.19. The van der Waals surface area contributed by atoms with E-state index < -0.39 is 0 Å². The van der Waals surface area contributed by atoms with Crippen LogP contribution in [0.15, 0.2) is 42.6 Å². The van der Waals surface area contributed by atoms with Crippen LogP contribution >= 0.6 is 11.6 Å². The number of nitrogens with one attached hydrogen (secondary N) is 2. The number of nitrogens with zero attached hydrogens (tertiary/aromatic N) is 4.